The minimum atomic E-state index is -4.68. The van der Waals surface area contributed by atoms with Crippen molar-refractivity contribution >= 4 is 11.3 Å². The Morgan fingerprint density at radius 1 is 1.00 bits per heavy atom. The highest BCUT2D eigenvalue weighted by atomic mass is 32.1. The molecule has 0 bridgehead atoms. The van der Waals surface area contributed by atoms with Crippen LogP contribution in [0.25, 0.3) is 11.3 Å². The number of benzene rings is 2. The lowest BCUT2D eigenvalue weighted by Crippen LogP contribution is -2.17. The van der Waals surface area contributed by atoms with Crippen molar-refractivity contribution in [2.24, 2.45) is 0 Å². The van der Waals surface area contributed by atoms with Gasteiger partial charge in [0.15, 0.2) is 0 Å². The molecule has 124 valence electrons. The highest BCUT2D eigenvalue weighted by Gasteiger charge is 2.30. The van der Waals surface area contributed by atoms with Gasteiger partial charge in [-0.15, -0.1) is 24.5 Å². The first kappa shape index (κ1) is 16.3. The van der Waals surface area contributed by atoms with E-state index in [1.807, 2.05) is 5.38 Å². The van der Waals surface area contributed by atoms with E-state index in [4.69, 9.17) is 0 Å². The summed E-state index contributed by atoms with van der Waals surface area (Å²) in [5, 5.41) is 12.1. The third-order valence-corrected chi connectivity index (χ3v) is 4.08. The van der Waals surface area contributed by atoms with Crippen LogP contribution in [0.3, 0.4) is 0 Å². The lowest BCUT2D eigenvalue weighted by molar-refractivity contribution is -0.274. The molecule has 0 radical (unpaired) electrons. The van der Waals surface area contributed by atoms with Gasteiger partial charge in [-0.05, 0) is 42.0 Å². The number of hydrogen-bond donors (Lipinski definition) is 1. The molecule has 7 heteroatoms. The first-order valence-corrected chi connectivity index (χ1v) is 7.85. The average molecular weight is 351 g/mol. The topological polar surface area (TPSA) is 42.4 Å². The average Bonchev–Trinajstić information content (AvgIpc) is 2.97. The minimum absolute atomic E-state index is 0.190. The van der Waals surface area contributed by atoms with Crippen molar-refractivity contribution in [1.82, 2.24) is 4.98 Å². The van der Waals surface area contributed by atoms with Crippen LogP contribution in [-0.4, -0.2) is 16.5 Å². The quantitative estimate of drug-likeness (QED) is 0.719. The monoisotopic (exact) mass is 351 g/mol. The molecule has 0 saturated carbocycles. The van der Waals surface area contributed by atoms with Crippen molar-refractivity contribution < 1.29 is 23.0 Å². The number of rotatable bonds is 4. The van der Waals surface area contributed by atoms with E-state index in [9.17, 15) is 18.3 Å². The fourth-order valence-corrected chi connectivity index (χ4v) is 2.98. The van der Waals surface area contributed by atoms with E-state index in [1.54, 1.807) is 36.4 Å². The Kier molecular flexibility index (Phi) is 4.44. The van der Waals surface area contributed by atoms with Gasteiger partial charge in [0.1, 0.15) is 11.5 Å². The van der Waals surface area contributed by atoms with Crippen molar-refractivity contribution in [1.29, 1.82) is 0 Å². The van der Waals surface area contributed by atoms with Gasteiger partial charge in [-0.25, -0.2) is 4.98 Å². The number of thiazole rings is 1. The van der Waals surface area contributed by atoms with Crippen LogP contribution in [0.15, 0.2) is 53.9 Å². The Hall–Kier alpha value is -2.54. The molecular weight excluding hydrogens is 339 g/mol. The fraction of sp³-hybridized carbons (Fsp3) is 0.118. The molecule has 1 heterocycles. The molecule has 0 aliphatic rings. The molecule has 0 spiro atoms. The summed E-state index contributed by atoms with van der Waals surface area (Å²) in [6, 6.07) is 12.5. The summed E-state index contributed by atoms with van der Waals surface area (Å²) in [6.07, 6.45) is -4.16. The second-order valence-corrected chi connectivity index (χ2v) is 5.98. The Morgan fingerprint density at radius 2 is 1.67 bits per heavy atom. The second kappa shape index (κ2) is 6.52. The van der Waals surface area contributed by atoms with E-state index in [2.05, 4.69) is 9.72 Å². The van der Waals surface area contributed by atoms with Crippen LogP contribution < -0.4 is 4.74 Å². The highest BCUT2D eigenvalue weighted by Crippen LogP contribution is 2.26. The van der Waals surface area contributed by atoms with Gasteiger partial charge in [-0.1, -0.05) is 12.1 Å². The summed E-state index contributed by atoms with van der Waals surface area (Å²) in [4.78, 5) is 4.51. The molecule has 0 saturated heterocycles. The molecule has 0 unspecified atom stereocenters. The summed E-state index contributed by atoms with van der Waals surface area (Å²) in [6.45, 7) is 0. The molecule has 24 heavy (non-hydrogen) atoms. The Labute approximate surface area is 140 Å². The zero-order valence-electron chi connectivity index (χ0n) is 12.2. The number of phenols is 1. The molecular formula is C17H12F3NO2S. The summed E-state index contributed by atoms with van der Waals surface area (Å²) in [5.41, 5.74) is 2.53. The lowest BCUT2D eigenvalue weighted by atomic mass is 10.1. The maximum Gasteiger partial charge on any atom is 0.573 e. The largest absolute Gasteiger partial charge is 0.573 e. The standard InChI is InChI=1S/C17H12F3NO2S/c18-17(19,20)23-14-7-1-11(2-8-14)9-16-21-15(10-24-16)12-3-5-13(22)6-4-12/h1-8,10,22H,9H2. The molecule has 0 fully saturated rings. The smallest absolute Gasteiger partial charge is 0.508 e. The van der Waals surface area contributed by atoms with Crippen molar-refractivity contribution in [3.05, 3.63) is 64.5 Å². The molecule has 0 atom stereocenters. The van der Waals surface area contributed by atoms with E-state index in [0.717, 1.165) is 21.8 Å². The molecule has 3 nitrogen and oxygen atoms in total. The summed E-state index contributed by atoms with van der Waals surface area (Å²) in [7, 11) is 0. The van der Waals surface area contributed by atoms with E-state index in [0.29, 0.717) is 6.42 Å². The predicted octanol–water partition coefficient (Wildman–Crippen LogP) is 5.01. The first-order valence-electron chi connectivity index (χ1n) is 6.97. The molecule has 0 amide bonds. The van der Waals surface area contributed by atoms with E-state index < -0.39 is 6.36 Å². The Bertz CT molecular complexity index is 811. The first-order chi connectivity index (χ1) is 11.4. The van der Waals surface area contributed by atoms with Gasteiger partial charge in [-0.2, -0.15) is 0 Å². The van der Waals surface area contributed by atoms with Crippen LogP contribution in [0.4, 0.5) is 13.2 Å². The zero-order chi connectivity index (χ0) is 17.2. The van der Waals surface area contributed by atoms with Gasteiger partial charge in [0, 0.05) is 17.4 Å². The predicted molar refractivity (Wildman–Crippen MR) is 85.1 cm³/mol. The van der Waals surface area contributed by atoms with Crippen LogP contribution in [0.1, 0.15) is 10.6 Å². The van der Waals surface area contributed by atoms with Crippen molar-refractivity contribution in [2.75, 3.05) is 0 Å². The van der Waals surface area contributed by atoms with E-state index in [1.165, 1.54) is 23.5 Å². The van der Waals surface area contributed by atoms with Crippen LogP contribution >= 0.6 is 11.3 Å². The lowest BCUT2D eigenvalue weighted by Gasteiger charge is -2.08. The summed E-state index contributed by atoms with van der Waals surface area (Å²) >= 11 is 1.47. The Morgan fingerprint density at radius 3 is 2.29 bits per heavy atom. The molecule has 1 aromatic heterocycles. The Balaban J connectivity index is 1.69. The minimum Gasteiger partial charge on any atom is -0.508 e. The maximum absolute atomic E-state index is 12.1. The number of nitrogens with zero attached hydrogens (tertiary/aromatic N) is 1. The van der Waals surface area contributed by atoms with Gasteiger partial charge in [0.05, 0.1) is 10.7 Å². The number of aromatic nitrogens is 1. The van der Waals surface area contributed by atoms with Crippen molar-refractivity contribution in [2.45, 2.75) is 12.8 Å². The maximum atomic E-state index is 12.1. The van der Waals surface area contributed by atoms with Crippen LogP contribution in [0.2, 0.25) is 0 Å². The second-order valence-electron chi connectivity index (χ2n) is 5.04. The summed E-state index contributed by atoms with van der Waals surface area (Å²) in [5.74, 6) is -0.0504. The molecule has 3 rings (SSSR count). The van der Waals surface area contributed by atoms with Crippen molar-refractivity contribution in [3.63, 3.8) is 0 Å². The third kappa shape index (κ3) is 4.26. The molecule has 2 aromatic carbocycles. The zero-order valence-corrected chi connectivity index (χ0v) is 13.1. The van der Waals surface area contributed by atoms with Crippen LogP contribution in [-0.2, 0) is 6.42 Å². The SMILES string of the molecule is Oc1ccc(-c2csc(Cc3ccc(OC(F)(F)F)cc3)n2)cc1. The van der Waals surface area contributed by atoms with Gasteiger partial charge in [0.2, 0.25) is 0 Å². The summed E-state index contributed by atoms with van der Waals surface area (Å²) < 4.78 is 40.2. The highest BCUT2D eigenvalue weighted by molar-refractivity contribution is 7.10. The van der Waals surface area contributed by atoms with Gasteiger partial charge >= 0.3 is 6.36 Å². The number of alkyl halides is 3. The van der Waals surface area contributed by atoms with Crippen LogP contribution in [0, 0.1) is 0 Å². The molecule has 0 aliphatic heterocycles. The number of halogens is 3. The van der Waals surface area contributed by atoms with E-state index in [-0.39, 0.29) is 11.5 Å². The van der Waals surface area contributed by atoms with Gasteiger partial charge in [0.25, 0.3) is 0 Å². The number of phenolic OH excluding ortho intramolecular Hbond substituents is 1. The third-order valence-electron chi connectivity index (χ3n) is 3.23. The van der Waals surface area contributed by atoms with Crippen LogP contribution in [0.5, 0.6) is 11.5 Å². The normalized spacial score (nSPS) is 11.5. The van der Waals surface area contributed by atoms with Gasteiger partial charge < -0.3 is 9.84 Å². The fourth-order valence-electron chi connectivity index (χ4n) is 2.14. The van der Waals surface area contributed by atoms with Gasteiger partial charge in [-0.3, -0.25) is 0 Å². The van der Waals surface area contributed by atoms with E-state index >= 15 is 0 Å². The molecule has 1 N–H and O–H groups in total. The molecule has 0 aliphatic carbocycles. The number of ether oxygens (including phenoxy) is 1. The number of aromatic hydroxyl groups is 1. The van der Waals surface area contributed by atoms with Crippen molar-refractivity contribution in [3.8, 4) is 22.8 Å². The molecule has 3 aromatic rings. The number of hydrogen-bond acceptors (Lipinski definition) is 4.